The van der Waals surface area contributed by atoms with Gasteiger partial charge in [0, 0.05) is 6.54 Å². The van der Waals surface area contributed by atoms with Gasteiger partial charge in [-0.15, -0.1) is 0 Å². The van der Waals surface area contributed by atoms with Crippen molar-refractivity contribution in [2.24, 2.45) is 0 Å². The van der Waals surface area contributed by atoms with Gasteiger partial charge in [0.05, 0.1) is 11.8 Å². The van der Waals surface area contributed by atoms with Crippen molar-refractivity contribution in [1.82, 2.24) is 5.32 Å². The summed E-state index contributed by atoms with van der Waals surface area (Å²) in [7, 11) is -3.56. The number of phenols is 1. The fourth-order valence-electron chi connectivity index (χ4n) is 1.28. The molecule has 0 fully saturated rings. The highest BCUT2D eigenvalue weighted by Gasteiger charge is 2.16. The van der Waals surface area contributed by atoms with E-state index in [0.717, 1.165) is 6.26 Å². The molecule has 0 aliphatic carbocycles. The highest BCUT2D eigenvalue weighted by Crippen LogP contribution is 2.27. The summed E-state index contributed by atoms with van der Waals surface area (Å²) < 4.78 is 24.4. The lowest BCUT2D eigenvalue weighted by Crippen LogP contribution is -2.24. The summed E-state index contributed by atoms with van der Waals surface area (Å²) in [4.78, 5) is 11.6. The first-order valence-electron chi connectivity index (χ1n) is 4.93. The molecule has 0 unspecified atom stereocenters. The summed E-state index contributed by atoms with van der Waals surface area (Å²) in [5, 5.41) is 12.1. The molecule has 0 radical (unpaired) electrons. The topological polar surface area (TPSA) is 95.5 Å². The van der Waals surface area contributed by atoms with Gasteiger partial charge in [-0.3, -0.25) is 9.52 Å². The summed E-state index contributed by atoms with van der Waals surface area (Å²) in [5.41, 5.74) is -0.0294. The summed E-state index contributed by atoms with van der Waals surface area (Å²) in [6.45, 7) is 2.15. The summed E-state index contributed by atoms with van der Waals surface area (Å²) in [6, 6.07) is 4.20. The number of sulfonamides is 1. The maximum Gasteiger partial charge on any atom is 0.253 e. The Bertz CT molecular complexity index is 525. The third kappa shape index (κ3) is 3.63. The van der Waals surface area contributed by atoms with Crippen molar-refractivity contribution in [1.29, 1.82) is 0 Å². The Kier molecular flexibility index (Phi) is 3.95. The zero-order valence-corrected chi connectivity index (χ0v) is 10.3. The Morgan fingerprint density at radius 1 is 1.41 bits per heavy atom. The van der Waals surface area contributed by atoms with Crippen LogP contribution in [0.3, 0.4) is 0 Å². The van der Waals surface area contributed by atoms with E-state index in [0.29, 0.717) is 6.54 Å². The SMILES string of the molecule is CCNC(=O)c1cccc(O)c1NS(C)(=O)=O. The molecule has 0 saturated carbocycles. The van der Waals surface area contributed by atoms with E-state index >= 15 is 0 Å². The second kappa shape index (κ2) is 5.05. The molecule has 94 valence electrons. The van der Waals surface area contributed by atoms with Gasteiger partial charge in [0.15, 0.2) is 0 Å². The zero-order chi connectivity index (χ0) is 13.1. The minimum atomic E-state index is -3.56. The van der Waals surface area contributed by atoms with Crippen LogP contribution >= 0.6 is 0 Å². The van der Waals surface area contributed by atoms with Gasteiger partial charge in [-0.05, 0) is 19.1 Å². The number of aromatic hydroxyl groups is 1. The van der Waals surface area contributed by atoms with Crippen molar-refractivity contribution >= 4 is 21.6 Å². The predicted octanol–water partition coefficient (Wildman–Crippen LogP) is 0.513. The first kappa shape index (κ1) is 13.3. The van der Waals surface area contributed by atoms with Gasteiger partial charge in [-0.2, -0.15) is 0 Å². The summed E-state index contributed by atoms with van der Waals surface area (Å²) in [6.07, 6.45) is 0.945. The molecule has 6 nitrogen and oxygen atoms in total. The second-order valence-corrected chi connectivity index (χ2v) is 5.18. The van der Waals surface area contributed by atoms with Crippen LogP contribution in [0.4, 0.5) is 5.69 Å². The molecule has 1 aromatic carbocycles. The number of carbonyl (C=O) groups is 1. The third-order valence-corrected chi connectivity index (χ3v) is 2.49. The lowest BCUT2D eigenvalue weighted by molar-refractivity contribution is 0.0956. The molecule has 7 heteroatoms. The summed E-state index contributed by atoms with van der Waals surface area (Å²) >= 11 is 0. The lowest BCUT2D eigenvalue weighted by atomic mass is 10.1. The number of nitrogens with one attached hydrogen (secondary N) is 2. The predicted molar refractivity (Wildman–Crippen MR) is 64.6 cm³/mol. The molecular formula is C10H14N2O4S. The van der Waals surface area contributed by atoms with Crippen LogP contribution in [0.1, 0.15) is 17.3 Å². The van der Waals surface area contributed by atoms with E-state index in [1.54, 1.807) is 6.92 Å². The molecular weight excluding hydrogens is 244 g/mol. The number of benzene rings is 1. The van der Waals surface area contributed by atoms with Crippen LogP contribution in [0, 0.1) is 0 Å². The Balaban J connectivity index is 3.22. The number of carbonyl (C=O) groups excluding carboxylic acids is 1. The van der Waals surface area contributed by atoms with E-state index in [1.165, 1.54) is 18.2 Å². The largest absolute Gasteiger partial charge is 0.506 e. The monoisotopic (exact) mass is 258 g/mol. The van der Waals surface area contributed by atoms with Crippen LogP contribution in [-0.4, -0.2) is 32.2 Å². The molecule has 0 heterocycles. The van der Waals surface area contributed by atoms with Gasteiger partial charge in [-0.1, -0.05) is 6.07 Å². The molecule has 1 amide bonds. The molecule has 1 aromatic rings. The van der Waals surface area contributed by atoms with Gasteiger partial charge in [0.25, 0.3) is 5.91 Å². The molecule has 3 N–H and O–H groups in total. The van der Waals surface area contributed by atoms with Gasteiger partial charge < -0.3 is 10.4 Å². The Labute approximate surface area is 99.7 Å². The van der Waals surface area contributed by atoms with E-state index in [1.807, 2.05) is 0 Å². The molecule has 0 bridgehead atoms. The van der Waals surface area contributed by atoms with Crippen molar-refractivity contribution in [2.45, 2.75) is 6.92 Å². The van der Waals surface area contributed by atoms with Crippen LogP contribution in [0.25, 0.3) is 0 Å². The summed E-state index contributed by atoms with van der Waals surface area (Å²) in [5.74, 6) is -0.742. The minimum absolute atomic E-state index is 0.0808. The molecule has 0 spiro atoms. The van der Waals surface area contributed by atoms with Crippen molar-refractivity contribution in [2.75, 3.05) is 17.5 Å². The van der Waals surface area contributed by atoms with Gasteiger partial charge in [-0.25, -0.2) is 8.42 Å². The van der Waals surface area contributed by atoms with Crippen molar-refractivity contribution < 1.29 is 18.3 Å². The first-order chi connectivity index (χ1) is 7.85. The Morgan fingerprint density at radius 2 is 2.06 bits per heavy atom. The minimum Gasteiger partial charge on any atom is -0.506 e. The van der Waals surface area contributed by atoms with Gasteiger partial charge in [0.1, 0.15) is 11.4 Å². The normalized spacial score (nSPS) is 10.9. The van der Waals surface area contributed by atoms with Crippen molar-refractivity contribution in [3.05, 3.63) is 23.8 Å². The second-order valence-electron chi connectivity index (χ2n) is 3.43. The number of rotatable bonds is 4. The van der Waals surface area contributed by atoms with Crippen LogP contribution in [0.5, 0.6) is 5.75 Å². The number of hydrogen-bond donors (Lipinski definition) is 3. The number of hydrogen-bond acceptors (Lipinski definition) is 4. The Hall–Kier alpha value is -1.76. The van der Waals surface area contributed by atoms with Crippen LogP contribution < -0.4 is 10.0 Å². The highest BCUT2D eigenvalue weighted by molar-refractivity contribution is 7.92. The van der Waals surface area contributed by atoms with Gasteiger partial charge in [0.2, 0.25) is 10.0 Å². The standard InChI is InChI=1S/C10H14N2O4S/c1-3-11-10(14)7-5-4-6-8(13)9(7)12-17(2,15)16/h4-6,12-13H,3H2,1-2H3,(H,11,14). The number of amides is 1. The highest BCUT2D eigenvalue weighted by atomic mass is 32.2. The maximum atomic E-state index is 11.6. The van der Waals surface area contributed by atoms with E-state index < -0.39 is 15.9 Å². The zero-order valence-electron chi connectivity index (χ0n) is 9.52. The van der Waals surface area contributed by atoms with E-state index in [4.69, 9.17) is 0 Å². The quantitative estimate of drug-likeness (QED) is 0.686. The third-order valence-electron chi connectivity index (χ3n) is 1.91. The van der Waals surface area contributed by atoms with E-state index in [9.17, 15) is 18.3 Å². The molecule has 0 saturated heterocycles. The van der Waals surface area contributed by atoms with Crippen LogP contribution in [0.2, 0.25) is 0 Å². The molecule has 0 aromatic heterocycles. The van der Waals surface area contributed by atoms with Gasteiger partial charge >= 0.3 is 0 Å². The van der Waals surface area contributed by atoms with Crippen LogP contribution in [0.15, 0.2) is 18.2 Å². The first-order valence-corrected chi connectivity index (χ1v) is 6.82. The lowest BCUT2D eigenvalue weighted by Gasteiger charge is -2.11. The maximum absolute atomic E-state index is 11.6. The van der Waals surface area contributed by atoms with Crippen molar-refractivity contribution in [3.63, 3.8) is 0 Å². The molecule has 0 aliphatic heterocycles. The fraction of sp³-hybridized carbons (Fsp3) is 0.300. The molecule has 0 aliphatic rings. The van der Waals surface area contributed by atoms with E-state index in [2.05, 4.69) is 10.0 Å². The smallest absolute Gasteiger partial charge is 0.253 e. The molecule has 0 atom stereocenters. The van der Waals surface area contributed by atoms with E-state index in [-0.39, 0.29) is 17.0 Å². The Morgan fingerprint density at radius 3 is 2.59 bits per heavy atom. The molecule has 1 rings (SSSR count). The fourth-order valence-corrected chi connectivity index (χ4v) is 1.86. The molecule has 17 heavy (non-hydrogen) atoms. The van der Waals surface area contributed by atoms with Crippen LogP contribution in [-0.2, 0) is 10.0 Å². The number of anilines is 1. The average Bonchev–Trinajstić information content (AvgIpc) is 2.19. The number of para-hydroxylation sites is 1. The van der Waals surface area contributed by atoms with Crippen molar-refractivity contribution in [3.8, 4) is 5.75 Å². The number of phenolic OH excluding ortho intramolecular Hbond substituents is 1. The average molecular weight is 258 g/mol.